The number of aliphatic hydroxyl groups excluding tert-OH is 2. The van der Waals surface area contributed by atoms with Gasteiger partial charge in [-0.25, -0.2) is 0 Å². The number of hydroxylamine groups is 2. The highest BCUT2D eigenvalue weighted by Gasteiger charge is 2.60. The van der Waals surface area contributed by atoms with Gasteiger partial charge in [0.15, 0.2) is 12.0 Å². The predicted octanol–water partition coefficient (Wildman–Crippen LogP) is -0.0678. The Morgan fingerprint density at radius 3 is 2.58 bits per heavy atom. The maximum atomic E-state index is 12.6. The Bertz CT molecular complexity index is 533. The van der Waals surface area contributed by atoms with Crippen LogP contribution in [0.5, 0.6) is 0 Å². The van der Waals surface area contributed by atoms with E-state index in [0.29, 0.717) is 13.0 Å². The molecule has 26 heavy (non-hydrogen) atoms. The van der Waals surface area contributed by atoms with Gasteiger partial charge in [0, 0.05) is 6.42 Å². The van der Waals surface area contributed by atoms with Crippen molar-refractivity contribution in [3.63, 3.8) is 0 Å². The third kappa shape index (κ3) is 3.89. The molecule has 3 heterocycles. The number of fused-ring (bicyclic) bond motifs is 1. The van der Waals surface area contributed by atoms with Crippen molar-refractivity contribution >= 4 is 5.97 Å². The molecule has 6 unspecified atom stereocenters. The lowest BCUT2D eigenvalue weighted by molar-refractivity contribution is -0.281. The van der Waals surface area contributed by atoms with Crippen LogP contribution in [-0.2, 0) is 28.6 Å². The Morgan fingerprint density at radius 1 is 1.31 bits per heavy atom. The summed E-state index contributed by atoms with van der Waals surface area (Å²) in [5, 5.41) is 20.9. The van der Waals surface area contributed by atoms with E-state index in [2.05, 4.69) is 0 Å². The van der Waals surface area contributed by atoms with Gasteiger partial charge in [0.2, 0.25) is 0 Å². The molecular formula is C17H29NO8. The molecule has 0 radical (unpaired) electrons. The fourth-order valence-corrected chi connectivity index (χ4v) is 3.56. The molecular weight excluding hydrogens is 346 g/mol. The molecule has 0 aromatic rings. The van der Waals surface area contributed by atoms with E-state index in [4.69, 9.17) is 23.8 Å². The van der Waals surface area contributed by atoms with Crippen molar-refractivity contribution in [3.8, 4) is 0 Å². The minimum absolute atomic E-state index is 0.346. The molecule has 9 heteroatoms. The number of hydrogen-bond donors (Lipinski definition) is 2. The number of nitrogens with zero attached hydrogens (tertiary/aromatic N) is 1. The molecule has 3 aliphatic rings. The van der Waals surface area contributed by atoms with Crippen LogP contribution in [0.1, 0.15) is 41.0 Å². The Labute approximate surface area is 153 Å². The van der Waals surface area contributed by atoms with E-state index in [1.807, 2.05) is 0 Å². The highest BCUT2D eigenvalue weighted by atomic mass is 16.8. The summed E-state index contributed by atoms with van der Waals surface area (Å²) in [7, 11) is 0. The van der Waals surface area contributed by atoms with Gasteiger partial charge >= 0.3 is 5.97 Å². The molecule has 0 aromatic heterocycles. The molecule has 6 atom stereocenters. The molecule has 3 saturated heterocycles. The largest absolute Gasteiger partial charge is 0.459 e. The van der Waals surface area contributed by atoms with Gasteiger partial charge in [-0.1, -0.05) is 0 Å². The first kappa shape index (κ1) is 19.9. The van der Waals surface area contributed by atoms with E-state index in [9.17, 15) is 15.0 Å². The topological polar surface area (TPSA) is 107 Å². The summed E-state index contributed by atoms with van der Waals surface area (Å²) in [6, 6.07) is -0.641. The molecule has 0 amide bonds. The third-order valence-corrected chi connectivity index (χ3v) is 4.50. The molecule has 0 aliphatic carbocycles. The van der Waals surface area contributed by atoms with Crippen molar-refractivity contribution in [2.24, 2.45) is 0 Å². The van der Waals surface area contributed by atoms with Crippen LogP contribution in [0.25, 0.3) is 0 Å². The standard InChI is InChI=1S/C17H29NO8/c1-16(2,3)26-15(21)9-6-7-22-18(9)14-13-12(24-17(4,5)25-13)11(23-14)10(20)8-19/h9-14,19-20H,6-8H2,1-5H3. The van der Waals surface area contributed by atoms with Crippen LogP contribution in [0.2, 0.25) is 0 Å². The Hall–Kier alpha value is -0.810. The number of carbonyl (C=O) groups excluding carboxylic acids is 1. The second kappa shape index (κ2) is 6.97. The molecule has 150 valence electrons. The van der Waals surface area contributed by atoms with Crippen molar-refractivity contribution in [2.75, 3.05) is 13.2 Å². The van der Waals surface area contributed by atoms with Gasteiger partial charge in [-0.2, -0.15) is 0 Å². The zero-order valence-corrected chi connectivity index (χ0v) is 15.9. The Kier molecular flexibility index (Phi) is 5.35. The maximum absolute atomic E-state index is 12.6. The lowest BCUT2D eigenvalue weighted by atomic mass is 10.1. The van der Waals surface area contributed by atoms with Crippen molar-refractivity contribution in [3.05, 3.63) is 0 Å². The van der Waals surface area contributed by atoms with E-state index in [0.717, 1.165) is 0 Å². The lowest BCUT2D eigenvalue weighted by Gasteiger charge is -2.32. The normalized spacial score (nSPS) is 38.3. The first-order chi connectivity index (χ1) is 12.0. The number of esters is 1. The van der Waals surface area contributed by atoms with Crippen LogP contribution < -0.4 is 0 Å². The van der Waals surface area contributed by atoms with E-state index in [-0.39, 0.29) is 0 Å². The Morgan fingerprint density at radius 2 is 1.96 bits per heavy atom. The number of aliphatic hydroxyl groups is 2. The molecule has 9 nitrogen and oxygen atoms in total. The van der Waals surface area contributed by atoms with Gasteiger partial charge in [-0.05, 0) is 34.6 Å². The van der Waals surface area contributed by atoms with E-state index in [1.54, 1.807) is 34.6 Å². The lowest BCUT2D eigenvalue weighted by Crippen LogP contribution is -2.50. The fourth-order valence-electron chi connectivity index (χ4n) is 3.56. The minimum atomic E-state index is -1.13. The van der Waals surface area contributed by atoms with Crippen LogP contribution in [0.15, 0.2) is 0 Å². The van der Waals surface area contributed by atoms with Crippen molar-refractivity contribution in [2.45, 2.75) is 89.1 Å². The SMILES string of the molecule is CC(C)(C)OC(=O)C1CCON1C1OC(C(O)CO)C2OC(C)(C)OC21. The van der Waals surface area contributed by atoms with Gasteiger partial charge in [-0.15, -0.1) is 5.06 Å². The second-order valence-electron chi connectivity index (χ2n) is 8.34. The van der Waals surface area contributed by atoms with Crippen LogP contribution in [0.3, 0.4) is 0 Å². The molecule has 2 N–H and O–H groups in total. The number of ether oxygens (including phenoxy) is 4. The van der Waals surface area contributed by atoms with Crippen molar-refractivity contribution in [1.29, 1.82) is 0 Å². The first-order valence-electron chi connectivity index (χ1n) is 8.96. The zero-order valence-electron chi connectivity index (χ0n) is 15.9. The zero-order chi connectivity index (χ0) is 19.3. The molecule has 3 rings (SSSR count). The van der Waals surface area contributed by atoms with Crippen LogP contribution in [-0.4, -0.2) is 82.5 Å². The summed E-state index contributed by atoms with van der Waals surface area (Å²) in [5.41, 5.74) is -0.616. The van der Waals surface area contributed by atoms with Gasteiger partial charge < -0.3 is 29.2 Å². The smallest absolute Gasteiger partial charge is 0.326 e. The molecule has 0 spiro atoms. The minimum Gasteiger partial charge on any atom is -0.459 e. The second-order valence-corrected chi connectivity index (χ2v) is 8.34. The summed E-state index contributed by atoms with van der Waals surface area (Å²) in [6.07, 6.45) is -3.37. The fraction of sp³-hybridized carbons (Fsp3) is 0.941. The van der Waals surface area contributed by atoms with E-state index < -0.39 is 60.6 Å². The van der Waals surface area contributed by atoms with Gasteiger partial charge in [-0.3, -0.25) is 9.63 Å². The van der Waals surface area contributed by atoms with Crippen molar-refractivity contribution < 1.29 is 38.8 Å². The van der Waals surface area contributed by atoms with Gasteiger partial charge in [0.1, 0.15) is 36.1 Å². The molecule has 0 aromatic carbocycles. The number of carbonyl (C=O) groups is 1. The third-order valence-electron chi connectivity index (χ3n) is 4.50. The number of hydrogen-bond acceptors (Lipinski definition) is 9. The molecule has 3 aliphatic heterocycles. The van der Waals surface area contributed by atoms with Gasteiger partial charge in [0.05, 0.1) is 13.2 Å². The quantitative estimate of drug-likeness (QED) is 0.653. The van der Waals surface area contributed by atoms with E-state index in [1.165, 1.54) is 5.06 Å². The monoisotopic (exact) mass is 375 g/mol. The van der Waals surface area contributed by atoms with Crippen LogP contribution in [0.4, 0.5) is 0 Å². The van der Waals surface area contributed by atoms with Crippen LogP contribution in [0, 0.1) is 0 Å². The van der Waals surface area contributed by atoms with Crippen molar-refractivity contribution in [1.82, 2.24) is 5.06 Å². The highest BCUT2D eigenvalue weighted by molar-refractivity contribution is 5.76. The summed E-state index contributed by atoms with van der Waals surface area (Å²) >= 11 is 0. The van der Waals surface area contributed by atoms with Crippen LogP contribution >= 0.6 is 0 Å². The summed E-state index contributed by atoms with van der Waals surface area (Å²) in [5.74, 6) is -1.27. The average molecular weight is 375 g/mol. The summed E-state index contributed by atoms with van der Waals surface area (Å²) in [6.45, 7) is 8.81. The highest BCUT2D eigenvalue weighted by Crippen LogP contribution is 2.42. The molecule has 3 fully saturated rings. The summed E-state index contributed by atoms with van der Waals surface area (Å²) in [4.78, 5) is 18.2. The summed E-state index contributed by atoms with van der Waals surface area (Å²) < 4.78 is 23.2. The first-order valence-corrected chi connectivity index (χ1v) is 8.96. The predicted molar refractivity (Wildman–Crippen MR) is 87.6 cm³/mol. The van der Waals surface area contributed by atoms with E-state index >= 15 is 0 Å². The maximum Gasteiger partial charge on any atom is 0.326 e. The van der Waals surface area contributed by atoms with Gasteiger partial charge in [0.25, 0.3) is 0 Å². The Balaban J connectivity index is 1.79. The molecule has 0 saturated carbocycles. The average Bonchev–Trinajstić information content (AvgIpc) is 3.17. The molecule has 0 bridgehead atoms. The number of rotatable bonds is 4.